The zero-order chi connectivity index (χ0) is 19.1. The van der Waals surface area contributed by atoms with Gasteiger partial charge in [0.2, 0.25) is 0 Å². The predicted molar refractivity (Wildman–Crippen MR) is 105 cm³/mol. The molecule has 1 N–H and O–H groups in total. The first-order valence-electron chi connectivity index (χ1n) is 9.73. The molecule has 5 heteroatoms. The summed E-state index contributed by atoms with van der Waals surface area (Å²) in [4.78, 5) is 2.44. The Morgan fingerprint density at radius 2 is 1.59 bits per heavy atom. The third kappa shape index (κ3) is 5.75. The number of piperidine rings is 1. The van der Waals surface area contributed by atoms with Crippen molar-refractivity contribution < 1.29 is 13.5 Å². The van der Waals surface area contributed by atoms with Crippen LogP contribution in [0.25, 0.3) is 0 Å². The van der Waals surface area contributed by atoms with Crippen LogP contribution in [-0.4, -0.2) is 37.7 Å². The first kappa shape index (κ1) is 19.8. The SMILES string of the molecule is CCOCCN1CCC(C(Nc2ccc(F)cc2)c2ccc(F)cc2)CC1. The number of halogens is 2. The monoisotopic (exact) mass is 374 g/mol. The van der Waals surface area contributed by atoms with E-state index in [0.717, 1.165) is 56.9 Å². The Bertz CT molecular complexity index is 682. The lowest BCUT2D eigenvalue weighted by molar-refractivity contribution is 0.0932. The summed E-state index contributed by atoms with van der Waals surface area (Å²) in [5.74, 6) is -0.0460. The highest BCUT2D eigenvalue weighted by Gasteiger charge is 2.27. The van der Waals surface area contributed by atoms with Crippen LogP contribution in [0.4, 0.5) is 14.5 Å². The molecule has 27 heavy (non-hydrogen) atoms. The maximum absolute atomic E-state index is 13.4. The molecule has 1 aliphatic heterocycles. The van der Waals surface area contributed by atoms with Crippen molar-refractivity contribution in [3.05, 3.63) is 65.7 Å². The van der Waals surface area contributed by atoms with Crippen molar-refractivity contribution in [2.24, 2.45) is 5.92 Å². The summed E-state index contributed by atoms with van der Waals surface area (Å²) in [7, 11) is 0. The van der Waals surface area contributed by atoms with Gasteiger partial charge in [0.15, 0.2) is 0 Å². The number of ether oxygens (including phenoxy) is 1. The molecule has 1 atom stereocenters. The molecule has 0 radical (unpaired) electrons. The van der Waals surface area contributed by atoms with Gasteiger partial charge in [-0.2, -0.15) is 0 Å². The van der Waals surface area contributed by atoms with Crippen LogP contribution in [0.2, 0.25) is 0 Å². The Morgan fingerprint density at radius 1 is 1.00 bits per heavy atom. The van der Waals surface area contributed by atoms with Gasteiger partial charge in [-0.3, -0.25) is 0 Å². The van der Waals surface area contributed by atoms with Crippen molar-refractivity contribution in [2.75, 3.05) is 38.2 Å². The van der Waals surface area contributed by atoms with Crippen molar-refractivity contribution in [1.29, 1.82) is 0 Å². The van der Waals surface area contributed by atoms with Crippen molar-refractivity contribution in [3.63, 3.8) is 0 Å². The van der Waals surface area contributed by atoms with Gasteiger partial charge in [-0.1, -0.05) is 12.1 Å². The molecule has 0 amide bonds. The smallest absolute Gasteiger partial charge is 0.123 e. The molecule has 0 bridgehead atoms. The van der Waals surface area contributed by atoms with Gasteiger partial charge in [0.25, 0.3) is 0 Å². The second-order valence-electron chi connectivity index (χ2n) is 7.06. The lowest BCUT2D eigenvalue weighted by Gasteiger charge is -2.37. The fourth-order valence-electron chi connectivity index (χ4n) is 3.72. The average Bonchev–Trinajstić information content (AvgIpc) is 2.69. The van der Waals surface area contributed by atoms with Crippen LogP contribution in [0.5, 0.6) is 0 Å². The number of nitrogens with zero attached hydrogens (tertiary/aromatic N) is 1. The Hall–Kier alpha value is -1.98. The van der Waals surface area contributed by atoms with E-state index in [1.165, 1.54) is 24.3 Å². The maximum Gasteiger partial charge on any atom is 0.123 e. The molecule has 2 aromatic carbocycles. The number of rotatable bonds is 8. The molecule has 1 heterocycles. The number of anilines is 1. The third-order valence-electron chi connectivity index (χ3n) is 5.26. The van der Waals surface area contributed by atoms with Crippen molar-refractivity contribution >= 4 is 5.69 Å². The van der Waals surface area contributed by atoms with E-state index in [1.807, 2.05) is 19.1 Å². The predicted octanol–water partition coefficient (Wildman–Crippen LogP) is 4.87. The summed E-state index contributed by atoms with van der Waals surface area (Å²) in [6.07, 6.45) is 2.12. The molecular weight excluding hydrogens is 346 g/mol. The normalized spacial score (nSPS) is 17.0. The highest BCUT2D eigenvalue weighted by Crippen LogP contribution is 2.34. The molecule has 0 aromatic heterocycles. The molecule has 1 saturated heterocycles. The molecule has 2 aromatic rings. The molecule has 146 valence electrons. The van der Waals surface area contributed by atoms with E-state index >= 15 is 0 Å². The molecule has 0 saturated carbocycles. The number of likely N-dealkylation sites (tertiary alicyclic amines) is 1. The first-order valence-corrected chi connectivity index (χ1v) is 9.73. The van der Waals surface area contributed by atoms with E-state index in [0.29, 0.717) is 5.92 Å². The maximum atomic E-state index is 13.4. The van der Waals surface area contributed by atoms with Crippen LogP contribution >= 0.6 is 0 Å². The van der Waals surface area contributed by atoms with E-state index in [4.69, 9.17) is 4.74 Å². The standard InChI is InChI=1S/C22H28F2N2O/c1-2-27-16-15-26-13-11-18(12-14-26)22(17-3-5-19(23)6-4-17)25-21-9-7-20(24)8-10-21/h3-10,18,22,25H,2,11-16H2,1H3. The van der Waals surface area contributed by atoms with Crippen LogP contribution in [0.3, 0.4) is 0 Å². The quantitative estimate of drug-likeness (QED) is 0.668. The molecule has 1 unspecified atom stereocenters. The van der Waals surface area contributed by atoms with E-state index in [-0.39, 0.29) is 17.7 Å². The van der Waals surface area contributed by atoms with Crippen molar-refractivity contribution in [2.45, 2.75) is 25.8 Å². The highest BCUT2D eigenvalue weighted by molar-refractivity contribution is 5.45. The van der Waals surface area contributed by atoms with Gasteiger partial charge in [-0.25, -0.2) is 8.78 Å². The molecular formula is C22H28F2N2O. The molecule has 1 fully saturated rings. The summed E-state index contributed by atoms with van der Waals surface area (Å²) >= 11 is 0. The minimum atomic E-state index is -0.249. The summed E-state index contributed by atoms with van der Waals surface area (Å²) < 4.78 is 32.1. The van der Waals surface area contributed by atoms with Crippen LogP contribution in [0, 0.1) is 17.6 Å². The van der Waals surface area contributed by atoms with Crippen molar-refractivity contribution in [1.82, 2.24) is 4.90 Å². The van der Waals surface area contributed by atoms with Gasteiger partial charge in [0, 0.05) is 18.8 Å². The topological polar surface area (TPSA) is 24.5 Å². The van der Waals surface area contributed by atoms with E-state index in [1.54, 1.807) is 12.1 Å². The number of hydrogen-bond donors (Lipinski definition) is 1. The van der Waals surface area contributed by atoms with Crippen LogP contribution < -0.4 is 5.32 Å². The lowest BCUT2D eigenvalue weighted by atomic mass is 9.85. The Morgan fingerprint density at radius 3 is 2.19 bits per heavy atom. The fraction of sp³-hybridized carbons (Fsp3) is 0.455. The third-order valence-corrected chi connectivity index (χ3v) is 5.26. The molecule has 3 nitrogen and oxygen atoms in total. The highest BCUT2D eigenvalue weighted by atomic mass is 19.1. The second kappa shape index (κ2) is 9.81. The van der Waals surface area contributed by atoms with Gasteiger partial charge in [-0.15, -0.1) is 0 Å². The van der Waals surface area contributed by atoms with Gasteiger partial charge >= 0.3 is 0 Å². The van der Waals surface area contributed by atoms with E-state index in [2.05, 4.69) is 10.2 Å². The van der Waals surface area contributed by atoms with Gasteiger partial charge in [0.05, 0.1) is 12.6 Å². The van der Waals surface area contributed by atoms with Gasteiger partial charge in [0.1, 0.15) is 11.6 Å². The molecule has 0 spiro atoms. The Kier molecular flexibility index (Phi) is 7.18. The summed E-state index contributed by atoms with van der Waals surface area (Å²) in [5.41, 5.74) is 1.94. The lowest BCUT2D eigenvalue weighted by Crippen LogP contribution is -2.38. The number of nitrogens with one attached hydrogen (secondary N) is 1. The van der Waals surface area contributed by atoms with E-state index < -0.39 is 0 Å². The summed E-state index contributed by atoms with van der Waals surface area (Å²) in [6, 6.07) is 13.2. The van der Waals surface area contributed by atoms with Crippen LogP contribution in [0.15, 0.2) is 48.5 Å². The molecule has 0 aliphatic carbocycles. The average molecular weight is 374 g/mol. The largest absolute Gasteiger partial charge is 0.380 e. The Labute approximate surface area is 160 Å². The fourth-order valence-corrected chi connectivity index (χ4v) is 3.72. The second-order valence-corrected chi connectivity index (χ2v) is 7.06. The zero-order valence-corrected chi connectivity index (χ0v) is 15.8. The Balaban J connectivity index is 1.68. The van der Waals surface area contributed by atoms with E-state index in [9.17, 15) is 8.78 Å². The minimum absolute atomic E-state index is 0.0742. The summed E-state index contributed by atoms with van der Waals surface area (Å²) in [6.45, 7) is 6.57. The van der Waals surface area contributed by atoms with Gasteiger partial charge < -0.3 is 15.0 Å². The number of benzene rings is 2. The molecule has 1 aliphatic rings. The number of hydrogen-bond acceptors (Lipinski definition) is 3. The minimum Gasteiger partial charge on any atom is -0.380 e. The van der Waals surface area contributed by atoms with Gasteiger partial charge in [-0.05, 0) is 80.7 Å². The zero-order valence-electron chi connectivity index (χ0n) is 15.8. The first-order chi connectivity index (χ1) is 13.2. The van der Waals surface area contributed by atoms with Crippen molar-refractivity contribution in [3.8, 4) is 0 Å². The molecule has 3 rings (SSSR count). The summed E-state index contributed by atoms with van der Waals surface area (Å²) in [5, 5.41) is 3.55. The van der Waals surface area contributed by atoms with Crippen LogP contribution in [0.1, 0.15) is 31.4 Å². The van der Waals surface area contributed by atoms with Crippen LogP contribution in [-0.2, 0) is 4.74 Å².